The molecule has 1 heterocycles. The summed E-state index contributed by atoms with van der Waals surface area (Å²) < 4.78 is 6.64. The molecule has 0 aliphatic carbocycles. The van der Waals surface area contributed by atoms with Gasteiger partial charge in [0, 0.05) is 26.3 Å². The van der Waals surface area contributed by atoms with Gasteiger partial charge >= 0.3 is 12.1 Å². The third-order valence-corrected chi connectivity index (χ3v) is 2.04. The summed E-state index contributed by atoms with van der Waals surface area (Å²) in [7, 11) is 1.76. The summed E-state index contributed by atoms with van der Waals surface area (Å²) in [6, 6.07) is -0.357. The summed E-state index contributed by atoms with van der Waals surface area (Å²) >= 11 is 0. The molecule has 0 atom stereocenters. The van der Waals surface area contributed by atoms with E-state index in [1.54, 1.807) is 44.9 Å². The van der Waals surface area contributed by atoms with Gasteiger partial charge in [0.15, 0.2) is 0 Å². The van der Waals surface area contributed by atoms with Crippen molar-refractivity contribution in [2.75, 3.05) is 18.4 Å². The van der Waals surface area contributed by atoms with E-state index in [4.69, 9.17) is 14.6 Å². The smallest absolute Gasteiger partial charge is 0.407 e. The van der Waals surface area contributed by atoms with E-state index in [0.29, 0.717) is 12.2 Å². The van der Waals surface area contributed by atoms with Gasteiger partial charge in [0.1, 0.15) is 5.60 Å². The van der Waals surface area contributed by atoms with Gasteiger partial charge in [-0.15, -0.1) is 0 Å². The van der Waals surface area contributed by atoms with Crippen LogP contribution < -0.4 is 16.0 Å². The van der Waals surface area contributed by atoms with Crippen molar-refractivity contribution in [3.8, 4) is 0 Å². The highest BCUT2D eigenvalue weighted by Crippen LogP contribution is 2.06. The van der Waals surface area contributed by atoms with Gasteiger partial charge in [-0.3, -0.25) is 9.48 Å². The lowest BCUT2D eigenvalue weighted by atomic mass is 10.2. The summed E-state index contributed by atoms with van der Waals surface area (Å²) in [5.41, 5.74) is 0.0694. The zero-order valence-corrected chi connectivity index (χ0v) is 13.6. The van der Waals surface area contributed by atoms with E-state index in [-0.39, 0.29) is 19.0 Å². The number of ether oxygens (including phenoxy) is 1. The zero-order valence-electron chi connectivity index (χ0n) is 13.6. The molecular formula is C13H23N5O5. The average Bonchev–Trinajstić information content (AvgIpc) is 2.79. The number of nitrogens with one attached hydrogen (secondary N) is 3. The number of carbonyl (C=O) groups is 3. The molecule has 10 nitrogen and oxygen atoms in total. The molecule has 1 rings (SSSR count). The number of carboxylic acid groups (broad SMARTS) is 1. The van der Waals surface area contributed by atoms with Gasteiger partial charge in [0.05, 0.1) is 11.9 Å². The highest BCUT2D eigenvalue weighted by molar-refractivity contribution is 5.88. The maximum Gasteiger partial charge on any atom is 0.407 e. The normalized spacial score (nSPS) is 9.91. The lowest BCUT2D eigenvalue weighted by Gasteiger charge is -2.19. The van der Waals surface area contributed by atoms with Crippen molar-refractivity contribution in [1.29, 1.82) is 0 Å². The largest absolute Gasteiger partial charge is 0.483 e. The number of alkyl carbamates (subject to hydrolysis) is 1. The van der Waals surface area contributed by atoms with Crippen molar-refractivity contribution in [3.05, 3.63) is 12.4 Å². The Morgan fingerprint density at radius 3 is 2.39 bits per heavy atom. The quantitative estimate of drug-likeness (QED) is 0.476. The molecule has 0 aliphatic heterocycles. The minimum Gasteiger partial charge on any atom is -0.483 e. The van der Waals surface area contributed by atoms with Crippen LogP contribution in [0.1, 0.15) is 20.8 Å². The van der Waals surface area contributed by atoms with E-state index in [2.05, 4.69) is 21.0 Å². The molecule has 0 fully saturated rings. The first kappa shape index (κ1) is 20.2. The monoisotopic (exact) mass is 329 g/mol. The Balaban J connectivity index is 0.00000149. The molecule has 3 amide bonds. The number of urea groups is 1. The first-order valence-electron chi connectivity index (χ1n) is 6.76. The molecule has 130 valence electrons. The van der Waals surface area contributed by atoms with E-state index in [9.17, 15) is 9.59 Å². The second-order valence-corrected chi connectivity index (χ2v) is 5.32. The van der Waals surface area contributed by atoms with Crippen LogP contribution in [0.15, 0.2) is 12.4 Å². The molecule has 1 aromatic rings. The van der Waals surface area contributed by atoms with Crippen LogP contribution in [0, 0.1) is 0 Å². The van der Waals surface area contributed by atoms with Crippen LogP contribution in [-0.2, 0) is 16.6 Å². The first-order valence-corrected chi connectivity index (χ1v) is 6.76. The highest BCUT2D eigenvalue weighted by Gasteiger charge is 2.15. The molecule has 0 saturated carbocycles. The maximum atomic E-state index is 11.5. The van der Waals surface area contributed by atoms with Crippen molar-refractivity contribution < 1.29 is 24.2 Å². The zero-order chi connectivity index (χ0) is 17.9. The predicted octanol–water partition coefficient (Wildman–Crippen LogP) is 0.767. The maximum absolute atomic E-state index is 11.5. The lowest BCUT2D eigenvalue weighted by Crippen LogP contribution is -2.39. The SMILES string of the molecule is Cn1cc(NC(=O)NCCNC(=O)OC(C)(C)C)cn1.O=CO. The van der Waals surface area contributed by atoms with Gasteiger partial charge < -0.3 is 25.8 Å². The van der Waals surface area contributed by atoms with Crippen molar-refractivity contribution in [2.45, 2.75) is 26.4 Å². The van der Waals surface area contributed by atoms with E-state index in [1.165, 1.54) is 0 Å². The summed E-state index contributed by atoms with van der Waals surface area (Å²) in [6.07, 6.45) is 2.71. The Labute approximate surface area is 134 Å². The number of rotatable bonds is 4. The van der Waals surface area contributed by atoms with Crippen molar-refractivity contribution in [2.24, 2.45) is 7.05 Å². The van der Waals surface area contributed by atoms with Gasteiger partial charge in [-0.25, -0.2) is 9.59 Å². The molecular weight excluding hydrogens is 306 g/mol. The second kappa shape index (κ2) is 10.0. The Morgan fingerprint density at radius 1 is 1.35 bits per heavy atom. The van der Waals surface area contributed by atoms with Crippen molar-refractivity contribution >= 4 is 24.3 Å². The number of anilines is 1. The van der Waals surface area contributed by atoms with Crippen LogP contribution in [0.5, 0.6) is 0 Å². The number of carbonyl (C=O) groups excluding carboxylic acids is 2. The van der Waals surface area contributed by atoms with E-state index in [1.807, 2.05) is 0 Å². The number of aromatic nitrogens is 2. The summed E-state index contributed by atoms with van der Waals surface area (Å²) in [5, 5.41) is 18.6. The molecule has 4 N–H and O–H groups in total. The van der Waals surface area contributed by atoms with Crippen LogP contribution in [0.25, 0.3) is 0 Å². The van der Waals surface area contributed by atoms with Crippen LogP contribution in [0.3, 0.4) is 0 Å². The number of nitrogens with zero attached hydrogens (tertiary/aromatic N) is 2. The Hall–Kier alpha value is -2.78. The third kappa shape index (κ3) is 11.5. The molecule has 10 heteroatoms. The van der Waals surface area contributed by atoms with E-state index in [0.717, 1.165) is 0 Å². The molecule has 0 spiro atoms. The summed E-state index contributed by atoms with van der Waals surface area (Å²) in [4.78, 5) is 31.2. The van der Waals surface area contributed by atoms with Gasteiger partial charge in [0.25, 0.3) is 6.47 Å². The molecule has 23 heavy (non-hydrogen) atoms. The van der Waals surface area contributed by atoms with Crippen LogP contribution in [0.2, 0.25) is 0 Å². The Kier molecular flexibility index (Phi) is 8.82. The summed E-state index contributed by atoms with van der Waals surface area (Å²) in [6.45, 7) is 5.69. The average molecular weight is 329 g/mol. The first-order chi connectivity index (χ1) is 10.7. The van der Waals surface area contributed by atoms with E-state index < -0.39 is 11.7 Å². The topological polar surface area (TPSA) is 135 Å². The van der Waals surface area contributed by atoms with Gasteiger partial charge in [-0.2, -0.15) is 5.10 Å². The number of hydrogen-bond donors (Lipinski definition) is 4. The Morgan fingerprint density at radius 2 is 1.91 bits per heavy atom. The minimum absolute atomic E-state index is 0.250. The van der Waals surface area contributed by atoms with E-state index >= 15 is 0 Å². The molecule has 1 aromatic heterocycles. The predicted molar refractivity (Wildman–Crippen MR) is 83.2 cm³/mol. The van der Waals surface area contributed by atoms with Crippen molar-refractivity contribution in [1.82, 2.24) is 20.4 Å². The number of hydrogen-bond acceptors (Lipinski definition) is 5. The van der Waals surface area contributed by atoms with Crippen LogP contribution in [-0.4, -0.2) is 52.2 Å². The third-order valence-electron chi connectivity index (χ3n) is 2.04. The molecule has 0 aliphatic rings. The molecule has 0 bridgehead atoms. The van der Waals surface area contributed by atoms with Gasteiger partial charge in [-0.05, 0) is 20.8 Å². The van der Waals surface area contributed by atoms with Gasteiger partial charge in [0.2, 0.25) is 0 Å². The highest BCUT2D eigenvalue weighted by atomic mass is 16.6. The van der Waals surface area contributed by atoms with Crippen molar-refractivity contribution in [3.63, 3.8) is 0 Å². The second-order valence-electron chi connectivity index (χ2n) is 5.32. The Bertz CT molecular complexity index is 509. The molecule has 0 aromatic carbocycles. The standard InChI is InChI=1S/C12H21N5O3.CH2O2/c1-12(2,3)20-11(19)14-6-5-13-10(18)16-9-7-15-17(4)8-9;2-1-3/h7-8H,5-6H2,1-4H3,(H,14,19)(H2,13,16,18);1H,(H,2,3). The molecule has 0 unspecified atom stereocenters. The van der Waals surface area contributed by atoms with Crippen LogP contribution in [0.4, 0.5) is 15.3 Å². The fourth-order valence-electron chi connectivity index (χ4n) is 1.32. The number of amides is 3. The lowest BCUT2D eigenvalue weighted by molar-refractivity contribution is -0.122. The minimum atomic E-state index is -0.533. The van der Waals surface area contributed by atoms with Crippen LogP contribution >= 0.6 is 0 Å². The number of aryl methyl sites for hydroxylation is 1. The molecule has 0 radical (unpaired) electrons. The summed E-state index contributed by atoms with van der Waals surface area (Å²) in [5.74, 6) is 0. The molecule has 0 saturated heterocycles. The fraction of sp³-hybridized carbons (Fsp3) is 0.538. The fourth-order valence-corrected chi connectivity index (χ4v) is 1.32. The van der Waals surface area contributed by atoms with Gasteiger partial charge in [-0.1, -0.05) is 0 Å².